The monoisotopic (exact) mass is 373 g/mol. The Kier molecular flexibility index (Phi) is 5.73. The van der Waals surface area contributed by atoms with Crippen molar-refractivity contribution in [2.75, 3.05) is 31.1 Å². The minimum atomic E-state index is -0.826. The van der Waals surface area contributed by atoms with Crippen molar-refractivity contribution in [2.45, 2.75) is 26.3 Å². The summed E-state index contributed by atoms with van der Waals surface area (Å²) in [6, 6.07) is 9.59. The second-order valence-corrected chi connectivity index (χ2v) is 6.86. The molecule has 2 aromatic rings. The van der Waals surface area contributed by atoms with Crippen LogP contribution in [-0.2, 0) is 6.54 Å². The van der Waals surface area contributed by atoms with E-state index in [1.54, 1.807) is 18.7 Å². The predicted molar refractivity (Wildman–Crippen MR) is 101 cm³/mol. The number of hydrogen-bond acceptors (Lipinski definition) is 4. The third-order valence-corrected chi connectivity index (χ3v) is 4.58. The number of aromatic amines is 1. The summed E-state index contributed by atoms with van der Waals surface area (Å²) in [5.74, 6) is -0.654. The molecule has 0 aliphatic carbocycles. The molecule has 1 saturated heterocycles. The van der Waals surface area contributed by atoms with Crippen LogP contribution >= 0.6 is 0 Å². The standard InChI is InChI=1S/C19H24FN5O2/c1-13(2)16-15(20)17(26)23-18(22-16)24-8-10-25(11-9-24)19(27)21-12-14-6-4-3-5-7-14/h3-7,13H,8-12H2,1-2H3,(H,21,27)(H,22,23,26). The van der Waals surface area contributed by atoms with Crippen molar-refractivity contribution in [1.82, 2.24) is 20.2 Å². The van der Waals surface area contributed by atoms with E-state index in [-0.39, 0.29) is 17.6 Å². The topological polar surface area (TPSA) is 81.3 Å². The Bertz CT molecular complexity index is 845. The summed E-state index contributed by atoms with van der Waals surface area (Å²) >= 11 is 0. The number of urea groups is 1. The van der Waals surface area contributed by atoms with Gasteiger partial charge in [0, 0.05) is 32.7 Å². The number of piperazine rings is 1. The fraction of sp³-hybridized carbons (Fsp3) is 0.421. The van der Waals surface area contributed by atoms with Gasteiger partial charge in [-0.1, -0.05) is 44.2 Å². The number of rotatable bonds is 4. The number of nitrogens with one attached hydrogen (secondary N) is 2. The van der Waals surface area contributed by atoms with Crippen LogP contribution in [-0.4, -0.2) is 47.1 Å². The lowest BCUT2D eigenvalue weighted by Gasteiger charge is -2.35. The number of amides is 2. The third kappa shape index (κ3) is 4.45. The van der Waals surface area contributed by atoms with Crippen molar-refractivity contribution < 1.29 is 9.18 Å². The summed E-state index contributed by atoms with van der Waals surface area (Å²) in [6.45, 7) is 6.10. The predicted octanol–water partition coefficient (Wildman–Crippen LogP) is 2.06. The molecular weight excluding hydrogens is 349 g/mol. The van der Waals surface area contributed by atoms with Gasteiger partial charge in [-0.2, -0.15) is 4.39 Å². The fourth-order valence-electron chi connectivity index (χ4n) is 3.00. The van der Waals surface area contributed by atoms with E-state index in [1.807, 2.05) is 35.2 Å². The molecule has 0 spiro atoms. The zero-order chi connectivity index (χ0) is 19.4. The van der Waals surface area contributed by atoms with Crippen LogP contribution in [0.25, 0.3) is 0 Å². The Morgan fingerprint density at radius 2 is 1.89 bits per heavy atom. The molecular formula is C19H24FN5O2. The van der Waals surface area contributed by atoms with E-state index in [0.29, 0.717) is 38.7 Å². The second kappa shape index (κ2) is 8.20. The van der Waals surface area contributed by atoms with Gasteiger partial charge < -0.3 is 15.1 Å². The molecule has 0 saturated carbocycles. The summed E-state index contributed by atoms with van der Waals surface area (Å²) in [5, 5.41) is 2.91. The van der Waals surface area contributed by atoms with Gasteiger partial charge in [0.15, 0.2) is 0 Å². The first kappa shape index (κ1) is 18.9. The Morgan fingerprint density at radius 3 is 2.52 bits per heavy atom. The number of nitrogens with zero attached hydrogens (tertiary/aromatic N) is 3. The van der Waals surface area contributed by atoms with Crippen molar-refractivity contribution in [3.05, 3.63) is 57.8 Å². The van der Waals surface area contributed by atoms with E-state index in [4.69, 9.17) is 0 Å². The van der Waals surface area contributed by atoms with E-state index < -0.39 is 11.4 Å². The van der Waals surface area contributed by atoms with E-state index in [2.05, 4.69) is 15.3 Å². The molecule has 7 nitrogen and oxygen atoms in total. The van der Waals surface area contributed by atoms with Crippen LogP contribution in [0.3, 0.4) is 0 Å². The van der Waals surface area contributed by atoms with Crippen molar-refractivity contribution in [2.24, 2.45) is 0 Å². The third-order valence-electron chi connectivity index (χ3n) is 4.58. The molecule has 0 atom stereocenters. The van der Waals surface area contributed by atoms with Gasteiger partial charge in [-0.15, -0.1) is 0 Å². The van der Waals surface area contributed by atoms with Crippen LogP contribution in [0.15, 0.2) is 35.1 Å². The molecule has 3 rings (SSSR count). The lowest BCUT2D eigenvalue weighted by atomic mass is 10.1. The van der Waals surface area contributed by atoms with Crippen molar-refractivity contribution >= 4 is 12.0 Å². The maximum Gasteiger partial charge on any atom is 0.317 e. The first-order chi connectivity index (χ1) is 13.0. The minimum absolute atomic E-state index is 0.123. The molecule has 1 aliphatic rings. The molecule has 8 heteroatoms. The molecule has 0 radical (unpaired) electrons. The molecule has 1 aromatic heterocycles. The highest BCUT2D eigenvalue weighted by atomic mass is 19.1. The van der Waals surface area contributed by atoms with Crippen LogP contribution in [0.5, 0.6) is 0 Å². The molecule has 1 aromatic carbocycles. The molecule has 2 N–H and O–H groups in total. The van der Waals surface area contributed by atoms with Crippen LogP contribution < -0.4 is 15.8 Å². The highest BCUT2D eigenvalue weighted by Crippen LogP contribution is 2.17. The zero-order valence-electron chi connectivity index (χ0n) is 15.5. The van der Waals surface area contributed by atoms with Gasteiger partial charge >= 0.3 is 6.03 Å². The van der Waals surface area contributed by atoms with Crippen molar-refractivity contribution in [3.8, 4) is 0 Å². The SMILES string of the molecule is CC(C)c1nc(N2CCN(C(=O)NCc3ccccc3)CC2)[nH]c(=O)c1F. The van der Waals surface area contributed by atoms with E-state index >= 15 is 0 Å². The van der Waals surface area contributed by atoms with Gasteiger partial charge in [0.1, 0.15) is 0 Å². The first-order valence-corrected chi connectivity index (χ1v) is 9.07. The molecule has 2 amide bonds. The normalized spacial score (nSPS) is 14.5. The average molecular weight is 373 g/mol. The van der Waals surface area contributed by atoms with Crippen LogP contribution in [0, 0.1) is 5.82 Å². The number of carbonyl (C=O) groups excluding carboxylic acids is 1. The molecule has 0 unspecified atom stereocenters. The van der Waals surface area contributed by atoms with Crippen molar-refractivity contribution in [1.29, 1.82) is 0 Å². The number of halogens is 1. The van der Waals surface area contributed by atoms with Crippen molar-refractivity contribution in [3.63, 3.8) is 0 Å². The zero-order valence-corrected chi connectivity index (χ0v) is 15.5. The largest absolute Gasteiger partial charge is 0.339 e. The molecule has 2 heterocycles. The quantitative estimate of drug-likeness (QED) is 0.860. The van der Waals surface area contributed by atoms with Crippen LogP contribution in [0.1, 0.15) is 31.0 Å². The summed E-state index contributed by atoms with van der Waals surface area (Å²) in [7, 11) is 0. The van der Waals surface area contributed by atoms with E-state index in [1.165, 1.54) is 0 Å². The Balaban J connectivity index is 1.59. The van der Waals surface area contributed by atoms with E-state index in [9.17, 15) is 14.0 Å². The van der Waals surface area contributed by atoms with E-state index in [0.717, 1.165) is 5.56 Å². The maximum absolute atomic E-state index is 13.9. The molecule has 1 aliphatic heterocycles. The molecule has 0 bridgehead atoms. The molecule has 27 heavy (non-hydrogen) atoms. The summed E-state index contributed by atoms with van der Waals surface area (Å²) < 4.78 is 13.9. The lowest BCUT2D eigenvalue weighted by molar-refractivity contribution is 0.193. The molecule has 144 valence electrons. The highest BCUT2D eigenvalue weighted by molar-refractivity contribution is 5.74. The second-order valence-electron chi connectivity index (χ2n) is 6.86. The number of hydrogen-bond donors (Lipinski definition) is 2. The number of benzene rings is 1. The Hall–Kier alpha value is -2.90. The van der Waals surface area contributed by atoms with Crippen LogP contribution in [0.2, 0.25) is 0 Å². The maximum atomic E-state index is 13.9. The number of aromatic nitrogens is 2. The Morgan fingerprint density at radius 1 is 1.22 bits per heavy atom. The summed E-state index contributed by atoms with van der Waals surface area (Å²) in [6.07, 6.45) is 0. The van der Waals surface area contributed by atoms with Gasteiger partial charge in [-0.3, -0.25) is 9.78 Å². The average Bonchev–Trinajstić information content (AvgIpc) is 2.68. The van der Waals surface area contributed by atoms with Gasteiger partial charge in [0.2, 0.25) is 11.8 Å². The van der Waals surface area contributed by atoms with Gasteiger partial charge in [-0.25, -0.2) is 9.78 Å². The first-order valence-electron chi connectivity index (χ1n) is 9.07. The summed E-state index contributed by atoms with van der Waals surface area (Å²) in [5.41, 5.74) is 0.447. The Labute approximate surface area is 157 Å². The summed E-state index contributed by atoms with van der Waals surface area (Å²) in [4.78, 5) is 34.5. The molecule has 1 fully saturated rings. The van der Waals surface area contributed by atoms with Crippen LogP contribution in [0.4, 0.5) is 15.1 Å². The minimum Gasteiger partial charge on any atom is -0.339 e. The number of anilines is 1. The fourth-order valence-corrected chi connectivity index (χ4v) is 3.00. The smallest absolute Gasteiger partial charge is 0.317 e. The number of H-pyrrole nitrogens is 1. The highest BCUT2D eigenvalue weighted by Gasteiger charge is 2.24. The van der Waals surface area contributed by atoms with Gasteiger partial charge in [-0.05, 0) is 11.5 Å². The van der Waals surface area contributed by atoms with Gasteiger partial charge in [0.05, 0.1) is 5.69 Å². The lowest BCUT2D eigenvalue weighted by Crippen LogP contribution is -2.52. The number of carbonyl (C=O) groups is 1. The van der Waals surface area contributed by atoms with Gasteiger partial charge in [0.25, 0.3) is 5.56 Å².